The van der Waals surface area contributed by atoms with Crippen LogP contribution in [0.1, 0.15) is 21.6 Å². The van der Waals surface area contributed by atoms with E-state index in [1.165, 1.54) is 6.07 Å². The van der Waals surface area contributed by atoms with Gasteiger partial charge >= 0.3 is 0 Å². The first-order valence-corrected chi connectivity index (χ1v) is 9.55. The minimum Gasteiger partial charge on any atom is -0.366 e. The number of nitrogens with one attached hydrogen (secondary N) is 1. The van der Waals surface area contributed by atoms with Gasteiger partial charge in [0.2, 0.25) is 11.8 Å². The number of hydrogen-bond donors (Lipinski definition) is 2. The lowest BCUT2D eigenvalue weighted by Crippen LogP contribution is -2.30. The molecule has 2 aromatic carbocycles. The summed E-state index contributed by atoms with van der Waals surface area (Å²) in [5.74, 6) is -1.10. The van der Waals surface area contributed by atoms with Gasteiger partial charge in [0.25, 0.3) is 5.56 Å². The van der Waals surface area contributed by atoms with Crippen LogP contribution in [-0.4, -0.2) is 31.4 Å². The number of rotatable bonds is 5. The normalized spacial score (nSPS) is 10.9. The zero-order chi connectivity index (χ0) is 22.1. The van der Waals surface area contributed by atoms with Crippen molar-refractivity contribution < 1.29 is 9.59 Å². The molecule has 3 N–H and O–H groups in total. The summed E-state index contributed by atoms with van der Waals surface area (Å²) in [4.78, 5) is 37.2. The number of hydrogen-bond acceptors (Lipinski definition) is 5. The highest BCUT2D eigenvalue weighted by Gasteiger charge is 2.15. The molecular formula is C22H20N6O3. The van der Waals surface area contributed by atoms with Gasteiger partial charge in [-0.05, 0) is 43.7 Å². The number of anilines is 1. The Kier molecular flexibility index (Phi) is 5.08. The number of primary amides is 1. The minimum absolute atomic E-state index is 0.236. The number of aryl methyl sites for hydroxylation is 2. The van der Waals surface area contributed by atoms with Crippen LogP contribution in [0.3, 0.4) is 0 Å². The third-order valence-electron chi connectivity index (χ3n) is 4.86. The van der Waals surface area contributed by atoms with Gasteiger partial charge < -0.3 is 11.1 Å². The molecule has 0 fully saturated rings. The summed E-state index contributed by atoms with van der Waals surface area (Å²) < 4.78 is 2.71. The maximum Gasteiger partial charge on any atom is 0.275 e. The van der Waals surface area contributed by atoms with Gasteiger partial charge in [-0.2, -0.15) is 10.2 Å². The number of benzene rings is 2. The number of amides is 2. The second kappa shape index (κ2) is 7.86. The highest BCUT2D eigenvalue weighted by molar-refractivity contribution is 5.98. The fourth-order valence-corrected chi connectivity index (χ4v) is 3.37. The standard InChI is InChI=1S/C22H20N6O3/c1-13-10-24-27(11-13)19-8-7-15(21(23)30)9-18(19)25-20(29)12-28-22(31)17-6-4-3-5-16(17)14(2)26-28/h3-11H,12H2,1-2H3,(H2,23,30)(H,25,29). The molecule has 0 radical (unpaired) electrons. The molecule has 2 amide bonds. The molecule has 2 aromatic heterocycles. The van der Waals surface area contributed by atoms with Gasteiger partial charge in [-0.15, -0.1) is 0 Å². The van der Waals surface area contributed by atoms with E-state index < -0.39 is 11.8 Å². The number of fused-ring (bicyclic) bond motifs is 1. The van der Waals surface area contributed by atoms with E-state index in [9.17, 15) is 14.4 Å². The Morgan fingerprint density at radius 3 is 2.52 bits per heavy atom. The number of nitrogens with zero attached hydrogens (tertiary/aromatic N) is 4. The van der Waals surface area contributed by atoms with E-state index in [2.05, 4.69) is 15.5 Å². The maximum absolute atomic E-state index is 12.8. The van der Waals surface area contributed by atoms with Crippen LogP contribution < -0.4 is 16.6 Å². The van der Waals surface area contributed by atoms with Crippen molar-refractivity contribution in [1.29, 1.82) is 0 Å². The summed E-state index contributed by atoms with van der Waals surface area (Å²) >= 11 is 0. The Labute approximate surface area is 177 Å². The highest BCUT2D eigenvalue weighted by Crippen LogP contribution is 2.22. The number of carbonyl (C=O) groups excluding carboxylic acids is 2. The van der Waals surface area contributed by atoms with Gasteiger partial charge in [-0.3, -0.25) is 14.4 Å². The van der Waals surface area contributed by atoms with Gasteiger partial charge in [-0.25, -0.2) is 9.36 Å². The summed E-state index contributed by atoms with van der Waals surface area (Å²) in [6.07, 6.45) is 3.46. The molecule has 2 heterocycles. The summed E-state index contributed by atoms with van der Waals surface area (Å²) in [6, 6.07) is 11.8. The Bertz CT molecular complexity index is 1390. The van der Waals surface area contributed by atoms with Gasteiger partial charge in [0, 0.05) is 17.1 Å². The first-order valence-electron chi connectivity index (χ1n) is 9.55. The fourth-order valence-electron chi connectivity index (χ4n) is 3.37. The summed E-state index contributed by atoms with van der Waals surface area (Å²) in [6.45, 7) is 3.38. The van der Waals surface area contributed by atoms with E-state index in [4.69, 9.17) is 5.73 Å². The minimum atomic E-state index is -0.623. The number of nitrogens with two attached hydrogens (primary N) is 1. The van der Waals surface area contributed by atoms with Crippen LogP contribution in [0, 0.1) is 13.8 Å². The second-order valence-corrected chi connectivity index (χ2v) is 7.20. The predicted molar refractivity (Wildman–Crippen MR) is 116 cm³/mol. The van der Waals surface area contributed by atoms with Crippen LogP contribution in [0.25, 0.3) is 16.5 Å². The summed E-state index contributed by atoms with van der Waals surface area (Å²) in [5, 5.41) is 12.5. The lowest BCUT2D eigenvalue weighted by Gasteiger charge is -2.13. The largest absolute Gasteiger partial charge is 0.366 e. The monoisotopic (exact) mass is 416 g/mol. The van der Waals surface area contributed by atoms with Crippen molar-refractivity contribution in [2.24, 2.45) is 5.73 Å². The first-order chi connectivity index (χ1) is 14.8. The zero-order valence-electron chi connectivity index (χ0n) is 17.0. The van der Waals surface area contributed by atoms with Gasteiger partial charge in [-0.1, -0.05) is 18.2 Å². The lowest BCUT2D eigenvalue weighted by atomic mass is 10.1. The molecule has 9 heteroatoms. The van der Waals surface area contributed by atoms with Crippen LogP contribution in [0.5, 0.6) is 0 Å². The van der Waals surface area contributed by atoms with Crippen LogP contribution in [0.2, 0.25) is 0 Å². The van der Waals surface area contributed by atoms with Crippen molar-refractivity contribution in [2.45, 2.75) is 20.4 Å². The van der Waals surface area contributed by atoms with Gasteiger partial charge in [0.15, 0.2) is 0 Å². The highest BCUT2D eigenvalue weighted by atomic mass is 16.2. The molecule has 0 aliphatic rings. The SMILES string of the molecule is Cc1cnn(-c2ccc(C(N)=O)cc2NC(=O)Cn2nc(C)c3ccccc3c2=O)c1. The fraction of sp³-hybridized carbons (Fsp3) is 0.136. The average molecular weight is 416 g/mol. The third kappa shape index (κ3) is 3.93. The van der Waals surface area contributed by atoms with Crippen molar-refractivity contribution >= 4 is 28.3 Å². The molecule has 0 aliphatic heterocycles. The molecule has 31 heavy (non-hydrogen) atoms. The third-order valence-corrected chi connectivity index (χ3v) is 4.86. The lowest BCUT2D eigenvalue weighted by molar-refractivity contribution is -0.117. The van der Waals surface area contributed by atoms with E-state index >= 15 is 0 Å². The molecule has 0 spiro atoms. The van der Waals surface area contributed by atoms with Crippen LogP contribution in [0.4, 0.5) is 5.69 Å². The molecule has 9 nitrogen and oxygen atoms in total. The molecule has 0 bridgehead atoms. The Balaban J connectivity index is 1.68. The van der Waals surface area contributed by atoms with E-state index in [-0.39, 0.29) is 17.7 Å². The number of aromatic nitrogens is 4. The van der Waals surface area contributed by atoms with Crippen molar-refractivity contribution in [3.05, 3.63) is 82.0 Å². The van der Waals surface area contributed by atoms with Crippen LogP contribution in [-0.2, 0) is 11.3 Å². The van der Waals surface area contributed by atoms with Gasteiger partial charge in [0.05, 0.1) is 28.7 Å². The van der Waals surface area contributed by atoms with E-state index in [1.807, 2.05) is 19.1 Å². The van der Waals surface area contributed by atoms with Crippen molar-refractivity contribution in [1.82, 2.24) is 19.6 Å². The topological polar surface area (TPSA) is 125 Å². The number of carbonyl (C=O) groups is 2. The van der Waals surface area contributed by atoms with Crippen LogP contribution >= 0.6 is 0 Å². The van der Waals surface area contributed by atoms with Crippen molar-refractivity contribution in [2.75, 3.05) is 5.32 Å². The molecule has 4 rings (SSSR count). The Hall–Kier alpha value is -4.27. The quantitative estimate of drug-likeness (QED) is 0.514. The molecule has 0 saturated heterocycles. The van der Waals surface area contributed by atoms with Crippen molar-refractivity contribution in [3.63, 3.8) is 0 Å². The molecule has 156 valence electrons. The summed E-state index contributed by atoms with van der Waals surface area (Å²) in [5.41, 5.74) is 7.74. The second-order valence-electron chi connectivity index (χ2n) is 7.20. The Morgan fingerprint density at radius 2 is 1.84 bits per heavy atom. The molecule has 0 atom stereocenters. The molecule has 4 aromatic rings. The predicted octanol–water partition coefficient (Wildman–Crippen LogP) is 1.94. The smallest absolute Gasteiger partial charge is 0.275 e. The van der Waals surface area contributed by atoms with Gasteiger partial charge in [0.1, 0.15) is 6.54 Å². The average Bonchev–Trinajstić information content (AvgIpc) is 3.17. The molecule has 0 saturated carbocycles. The van der Waals surface area contributed by atoms with Crippen LogP contribution in [0.15, 0.2) is 59.7 Å². The molecular weight excluding hydrogens is 396 g/mol. The van der Waals surface area contributed by atoms with E-state index in [0.717, 1.165) is 15.6 Å². The van der Waals surface area contributed by atoms with E-state index in [0.29, 0.717) is 22.5 Å². The van der Waals surface area contributed by atoms with E-state index in [1.54, 1.807) is 48.3 Å². The zero-order valence-corrected chi connectivity index (χ0v) is 17.0. The molecule has 0 aliphatic carbocycles. The first kappa shape index (κ1) is 20.0. The Morgan fingerprint density at radius 1 is 1.10 bits per heavy atom. The maximum atomic E-state index is 12.8. The summed E-state index contributed by atoms with van der Waals surface area (Å²) in [7, 11) is 0. The van der Waals surface area contributed by atoms with Crippen molar-refractivity contribution in [3.8, 4) is 5.69 Å². The molecule has 0 unspecified atom stereocenters.